The average molecular weight is 555 g/mol. The van der Waals surface area contributed by atoms with E-state index in [1.807, 2.05) is 0 Å². The zero-order chi connectivity index (χ0) is 29.1. The molecule has 2 N–H and O–H groups in total. The van der Waals surface area contributed by atoms with E-state index in [9.17, 15) is 9.59 Å². The van der Waals surface area contributed by atoms with Crippen LogP contribution in [-0.4, -0.2) is 22.2 Å². The maximum absolute atomic E-state index is 10.3. The first kappa shape index (κ1) is 40.1. The van der Waals surface area contributed by atoms with Gasteiger partial charge in [-0.25, -0.2) is 0 Å². The number of carboxylic acid groups (broad SMARTS) is 2. The topological polar surface area (TPSA) is 74.6 Å². The molecule has 0 radical (unpaired) electrons. The fourth-order valence-electron chi connectivity index (χ4n) is 5.12. The number of hydrogen-bond donors (Lipinski definition) is 2. The largest absolute Gasteiger partial charge is 0.481 e. The third kappa shape index (κ3) is 44.2. The number of hydrogen-bond acceptors (Lipinski definition) is 2. The quantitative estimate of drug-likeness (QED) is 0.0835. The van der Waals surface area contributed by atoms with Gasteiger partial charge in [0.05, 0.1) is 0 Å². The van der Waals surface area contributed by atoms with E-state index in [1.54, 1.807) is 0 Å². The van der Waals surface area contributed by atoms with E-state index in [0.717, 1.165) is 25.7 Å². The molecule has 0 unspecified atom stereocenters. The van der Waals surface area contributed by atoms with Crippen molar-refractivity contribution in [1.82, 2.24) is 0 Å². The molecule has 0 aliphatic rings. The molecule has 0 aromatic heterocycles. The van der Waals surface area contributed by atoms with E-state index in [4.69, 9.17) is 10.2 Å². The third-order valence-electron chi connectivity index (χ3n) is 7.74. The van der Waals surface area contributed by atoms with Crippen LogP contribution < -0.4 is 0 Å². The van der Waals surface area contributed by atoms with E-state index in [2.05, 4.69) is 13.8 Å². The molecular formula is C35H70O4. The Kier molecular flexibility index (Phi) is 38.0. The van der Waals surface area contributed by atoms with E-state index >= 15 is 0 Å². The predicted molar refractivity (Wildman–Crippen MR) is 170 cm³/mol. The molecule has 4 nitrogen and oxygen atoms in total. The molecule has 0 aromatic rings. The Morgan fingerprint density at radius 2 is 0.462 bits per heavy atom. The second kappa shape index (κ2) is 36.9. The Bertz CT molecular complexity index is 477. The van der Waals surface area contributed by atoms with Crippen molar-refractivity contribution in [3.8, 4) is 0 Å². The molecule has 0 amide bonds. The maximum Gasteiger partial charge on any atom is 0.303 e. The van der Waals surface area contributed by atoms with Crippen LogP contribution in [0.1, 0.15) is 213 Å². The normalized spacial score (nSPS) is 10.8. The van der Waals surface area contributed by atoms with Gasteiger partial charge < -0.3 is 10.2 Å². The highest BCUT2D eigenvalue weighted by atomic mass is 16.4. The number of carboxylic acids is 2. The standard InChI is InChI=1S/C18H36O2.C17H34O2/c1-2-3-4-5-6-7-8-9-10-11-12-13-14-15-16-17-18(19)20;1-2-3-4-5-6-7-8-9-10-11-12-13-14-15-16-17(18)19/h2-17H2,1H3,(H,19,20);2-16H2,1H3,(H,18,19). The van der Waals surface area contributed by atoms with Gasteiger partial charge in [0.2, 0.25) is 0 Å². The van der Waals surface area contributed by atoms with Gasteiger partial charge in [-0.05, 0) is 12.8 Å². The molecule has 0 aliphatic carbocycles. The van der Waals surface area contributed by atoms with Crippen molar-refractivity contribution in [2.45, 2.75) is 213 Å². The summed E-state index contributed by atoms with van der Waals surface area (Å²) in [5.74, 6) is -1.31. The Balaban J connectivity index is 0. The molecule has 0 bridgehead atoms. The van der Waals surface area contributed by atoms with Gasteiger partial charge in [-0.1, -0.05) is 187 Å². The minimum absolute atomic E-state index is 0.345. The first-order chi connectivity index (χ1) is 19.0. The summed E-state index contributed by atoms with van der Waals surface area (Å²) in [6, 6.07) is 0. The van der Waals surface area contributed by atoms with Gasteiger partial charge in [0.1, 0.15) is 0 Å². The van der Waals surface area contributed by atoms with Gasteiger partial charge in [0.25, 0.3) is 0 Å². The number of unbranched alkanes of at least 4 members (excludes halogenated alkanes) is 27. The van der Waals surface area contributed by atoms with Crippen molar-refractivity contribution in [3.63, 3.8) is 0 Å². The van der Waals surface area contributed by atoms with Crippen LogP contribution in [-0.2, 0) is 9.59 Å². The lowest BCUT2D eigenvalue weighted by molar-refractivity contribution is -0.138. The van der Waals surface area contributed by atoms with Crippen LogP contribution in [0.3, 0.4) is 0 Å². The Morgan fingerprint density at radius 1 is 0.308 bits per heavy atom. The van der Waals surface area contributed by atoms with Crippen LogP contribution >= 0.6 is 0 Å². The van der Waals surface area contributed by atoms with E-state index in [0.29, 0.717) is 12.8 Å². The summed E-state index contributed by atoms with van der Waals surface area (Å²) in [5, 5.41) is 17.0. The summed E-state index contributed by atoms with van der Waals surface area (Å²) in [6.45, 7) is 4.54. The van der Waals surface area contributed by atoms with E-state index in [1.165, 1.54) is 161 Å². The molecule has 0 fully saturated rings. The molecular weight excluding hydrogens is 484 g/mol. The second-order valence-electron chi connectivity index (χ2n) is 11.8. The lowest BCUT2D eigenvalue weighted by Crippen LogP contribution is -1.93. The molecule has 4 heteroatoms. The van der Waals surface area contributed by atoms with Crippen LogP contribution in [0.5, 0.6) is 0 Å². The molecule has 39 heavy (non-hydrogen) atoms. The van der Waals surface area contributed by atoms with Crippen molar-refractivity contribution in [3.05, 3.63) is 0 Å². The molecule has 0 rings (SSSR count). The van der Waals surface area contributed by atoms with E-state index < -0.39 is 11.9 Å². The lowest BCUT2D eigenvalue weighted by Gasteiger charge is -2.03. The van der Waals surface area contributed by atoms with Crippen LogP contribution in [0, 0.1) is 0 Å². The van der Waals surface area contributed by atoms with Crippen molar-refractivity contribution in [2.24, 2.45) is 0 Å². The third-order valence-corrected chi connectivity index (χ3v) is 7.74. The highest BCUT2D eigenvalue weighted by molar-refractivity contribution is 5.66. The fraction of sp³-hybridized carbons (Fsp3) is 0.943. The molecule has 0 aromatic carbocycles. The Hall–Kier alpha value is -1.06. The highest BCUT2D eigenvalue weighted by Crippen LogP contribution is 2.14. The van der Waals surface area contributed by atoms with Crippen molar-refractivity contribution in [2.75, 3.05) is 0 Å². The second-order valence-corrected chi connectivity index (χ2v) is 11.8. The minimum Gasteiger partial charge on any atom is -0.481 e. The number of carbonyl (C=O) groups is 2. The Morgan fingerprint density at radius 3 is 0.615 bits per heavy atom. The average Bonchev–Trinajstić information content (AvgIpc) is 2.91. The van der Waals surface area contributed by atoms with Gasteiger partial charge in [-0.2, -0.15) is 0 Å². The fourth-order valence-corrected chi connectivity index (χ4v) is 5.12. The first-order valence-corrected chi connectivity index (χ1v) is 17.5. The summed E-state index contributed by atoms with van der Waals surface area (Å²) in [7, 11) is 0. The van der Waals surface area contributed by atoms with Crippen molar-refractivity contribution in [1.29, 1.82) is 0 Å². The molecule has 0 saturated carbocycles. The zero-order valence-corrected chi connectivity index (χ0v) is 26.6. The molecule has 234 valence electrons. The maximum atomic E-state index is 10.3. The van der Waals surface area contributed by atoms with Crippen molar-refractivity contribution >= 4 is 11.9 Å². The van der Waals surface area contributed by atoms with Gasteiger partial charge in [0.15, 0.2) is 0 Å². The molecule has 0 spiro atoms. The summed E-state index contributed by atoms with van der Waals surface area (Å²) < 4.78 is 0. The zero-order valence-electron chi connectivity index (χ0n) is 26.6. The molecule has 0 saturated heterocycles. The molecule has 0 atom stereocenters. The lowest BCUT2D eigenvalue weighted by atomic mass is 10.0. The van der Waals surface area contributed by atoms with Gasteiger partial charge in [-0.3, -0.25) is 9.59 Å². The summed E-state index contributed by atoms with van der Waals surface area (Å²) >= 11 is 0. The summed E-state index contributed by atoms with van der Waals surface area (Å²) in [4.78, 5) is 20.7. The summed E-state index contributed by atoms with van der Waals surface area (Å²) in [6.07, 6.45) is 38.9. The van der Waals surface area contributed by atoms with Crippen LogP contribution in [0.15, 0.2) is 0 Å². The Labute approximate surface area is 244 Å². The molecule has 0 heterocycles. The van der Waals surface area contributed by atoms with Crippen molar-refractivity contribution < 1.29 is 19.8 Å². The van der Waals surface area contributed by atoms with Crippen LogP contribution in [0.25, 0.3) is 0 Å². The highest BCUT2D eigenvalue weighted by Gasteiger charge is 1.98. The monoisotopic (exact) mass is 555 g/mol. The smallest absolute Gasteiger partial charge is 0.303 e. The van der Waals surface area contributed by atoms with Gasteiger partial charge >= 0.3 is 11.9 Å². The van der Waals surface area contributed by atoms with Gasteiger partial charge in [-0.15, -0.1) is 0 Å². The van der Waals surface area contributed by atoms with Crippen LogP contribution in [0.4, 0.5) is 0 Å². The van der Waals surface area contributed by atoms with Gasteiger partial charge in [0, 0.05) is 12.8 Å². The number of rotatable bonds is 31. The number of aliphatic carboxylic acids is 2. The van der Waals surface area contributed by atoms with E-state index in [-0.39, 0.29) is 0 Å². The minimum atomic E-state index is -0.654. The predicted octanol–water partition coefficient (Wildman–Crippen LogP) is 12.3. The van der Waals surface area contributed by atoms with Crippen LogP contribution in [0.2, 0.25) is 0 Å². The molecule has 0 aliphatic heterocycles. The first-order valence-electron chi connectivity index (χ1n) is 17.5. The SMILES string of the molecule is CCCCCCCCCCCCCCCCC(=O)O.CCCCCCCCCCCCCCCCCC(=O)O. The summed E-state index contributed by atoms with van der Waals surface area (Å²) in [5.41, 5.74) is 0.